The lowest BCUT2D eigenvalue weighted by Crippen LogP contribution is -2.22. The Balaban J connectivity index is 2.03. The monoisotopic (exact) mass is 279 g/mol. The first kappa shape index (κ1) is 14.3. The minimum absolute atomic E-state index is 0.0891. The van der Waals surface area contributed by atoms with Crippen molar-refractivity contribution < 1.29 is 13.5 Å². The molecule has 0 aliphatic carbocycles. The molecule has 1 aromatic carbocycles. The normalized spacial score (nSPS) is 10.8. The van der Waals surface area contributed by atoms with Gasteiger partial charge in [0.2, 0.25) is 5.88 Å². The fourth-order valence-corrected chi connectivity index (χ4v) is 1.47. The molecule has 0 aliphatic heterocycles. The summed E-state index contributed by atoms with van der Waals surface area (Å²) in [7, 11) is 0. The zero-order chi connectivity index (χ0) is 14.5. The van der Waals surface area contributed by atoms with Crippen molar-refractivity contribution in [1.29, 1.82) is 0 Å². The Kier molecular flexibility index (Phi) is 4.57. The van der Waals surface area contributed by atoms with Crippen molar-refractivity contribution in [2.24, 2.45) is 0 Å². The van der Waals surface area contributed by atoms with E-state index >= 15 is 0 Å². The number of aromatic nitrogens is 2. The first-order chi connectivity index (χ1) is 9.54. The Hall–Kier alpha value is -2.08. The summed E-state index contributed by atoms with van der Waals surface area (Å²) in [5, 5.41) is 3.20. The van der Waals surface area contributed by atoms with E-state index in [4.69, 9.17) is 4.74 Å². The SMILES string of the molecule is CC(C)NCc1cnc(Oc2ccc(F)cc2F)cn1. The van der Waals surface area contributed by atoms with E-state index in [1.807, 2.05) is 13.8 Å². The van der Waals surface area contributed by atoms with Crippen LogP contribution in [0.5, 0.6) is 11.6 Å². The van der Waals surface area contributed by atoms with Gasteiger partial charge in [0.1, 0.15) is 5.82 Å². The van der Waals surface area contributed by atoms with Gasteiger partial charge in [-0.2, -0.15) is 0 Å². The minimum atomic E-state index is -0.780. The largest absolute Gasteiger partial charge is 0.434 e. The molecule has 0 atom stereocenters. The second kappa shape index (κ2) is 6.38. The van der Waals surface area contributed by atoms with Gasteiger partial charge in [-0.3, -0.25) is 4.98 Å². The molecule has 2 aromatic rings. The van der Waals surface area contributed by atoms with Crippen LogP contribution in [0.15, 0.2) is 30.6 Å². The van der Waals surface area contributed by atoms with Crippen molar-refractivity contribution in [1.82, 2.24) is 15.3 Å². The van der Waals surface area contributed by atoms with E-state index in [0.717, 1.165) is 17.8 Å². The van der Waals surface area contributed by atoms with E-state index < -0.39 is 11.6 Å². The third-order valence-corrected chi connectivity index (χ3v) is 2.48. The third kappa shape index (κ3) is 3.96. The Morgan fingerprint density at radius 1 is 1.20 bits per heavy atom. The van der Waals surface area contributed by atoms with Crippen molar-refractivity contribution in [2.75, 3.05) is 0 Å². The maximum Gasteiger partial charge on any atom is 0.237 e. The van der Waals surface area contributed by atoms with E-state index in [2.05, 4.69) is 15.3 Å². The summed E-state index contributed by atoms with van der Waals surface area (Å²) in [6, 6.07) is 3.43. The summed E-state index contributed by atoms with van der Waals surface area (Å²) in [4.78, 5) is 8.18. The molecular formula is C14H15F2N3O. The van der Waals surface area contributed by atoms with Crippen molar-refractivity contribution in [3.05, 3.63) is 47.9 Å². The van der Waals surface area contributed by atoms with Crippen molar-refractivity contribution in [2.45, 2.75) is 26.4 Å². The molecule has 0 bridgehead atoms. The predicted octanol–water partition coefficient (Wildman–Crippen LogP) is 3.05. The first-order valence-corrected chi connectivity index (χ1v) is 6.22. The lowest BCUT2D eigenvalue weighted by molar-refractivity contribution is 0.420. The Labute approximate surface area is 115 Å². The number of hydrogen-bond acceptors (Lipinski definition) is 4. The molecule has 0 fully saturated rings. The molecule has 2 rings (SSSR count). The maximum atomic E-state index is 13.4. The molecule has 0 amide bonds. The lowest BCUT2D eigenvalue weighted by Gasteiger charge is -2.08. The molecule has 20 heavy (non-hydrogen) atoms. The van der Waals surface area contributed by atoms with Crippen LogP contribution in [0, 0.1) is 11.6 Å². The summed E-state index contributed by atoms with van der Waals surface area (Å²) < 4.78 is 31.4. The lowest BCUT2D eigenvalue weighted by atomic mass is 10.3. The van der Waals surface area contributed by atoms with Crippen LogP contribution in [0.1, 0.15) is 19.5 Å². The van der Waals surface area contributed by atoms with E-state index in [-0.39, 0.29) is 11.6 Å². The van der Waals surface area contributed by atoms with Crippen LogP contribution in [0.2, 0.25) is 0 Å². The fraction of sp³-hybridized carbons (Fsp3) is 0.286. The molecule has 4 nitrogen and oxygen atoms in total. The van der Waals surface area contributed by atoms with Crippen LogP contribution in [-0.4, -0.2) is 16.0 Å². The number of halogens is 2. The predicted molar refractivity (Wildman–Crippen MR) is 70.4 cm³/mol. The molecule has 1 aromatic heterocycles. The van der Waals surface area contributed by atoms with Gasteiger partial charge in [0.05, 0.1) is 18.1 Å². The van der Waals surface area contributed by atoms with Crippen molar-refractivity contribution >= 4 is 0 Å². The number of rotatable bonds is 5. The van der Waals surface area contributed by atoms with Gasteiger partial charge in [-0.1, -0.05) is 13.8 Å². The molecule has 1 heterocycles. The molecule has 0 spiro atoms. The summed E-state index contributed by atoms with van der Waals surface area (Å²) in [5.74, 6) is -1.37. The summed E-state index contributed by atoms with van der Waals surface area (Å²) in [6.45, 7) is 4.65. The topological polar surface area (TPSA) is 47.0 Å². The minimum Gasteiger partial charge on any atom is -0.434 e. The molecule has 106 valence electrons. The zero-order valence-electron chi connectivity index (χ0n) is 11.2. The van der Waals surface area contributed by atoms with E-state index in [0.29, 0.717) is 12.6 Å². The number of benzene rings is 1. The molecule has 0 saturated heterocycles. The smallest absolute Gasteiger partial charge is 0.237 e. The number of nitrogens with zero attached hydrogens (tertiary/aromatic N) is 2. The molecule has 6 heteroatoms. The fourth-order valence-electron chi connectivity index (χ4n) is 1.47. The second-order valence-electron chi connectivity index (χ2n) is 4.56. The van der Waals surface area contributed by atoms with Gasteiger partial charge in [0.25, 0.3) is 0 Å². The number of hydrogen-bond donors (Lipinski definition) is 1. The van der Waals surface area contributed by atoms with Crippen LogP contribution < -0.4 is 10.1 Å². The van der Waals surface area contributed by atoms with Gasteiger partial charge >= 0.3 is 0 Å². The summed E-state index contributed by atoms with van der Waals surface area (Å²) >= 11 is 0. The Morgan fingerprint density at radius 2 is 2.00 bits per heavy atom. The van der Waals surface area contributed by atoms with Crippen molar-refractivity contribution in [3.63, 3.8) is 0 Å². The van der Waals surface area contributed by atoms with Crippen molar-refractivity contribution in [3.8, 4) is 11.6 Å². The van der Waals surface area contributed by atoms with Crippen LogP contribution in [-0.2, 0) is 6.54 Å². The van der Waals surface area contributed by atoms with Crippen LogP contribution in [0.3, 0.4) is 0 Å². The number of nitrogens with one attached hydrogen (secondary N) is 1. The quantitative estimate of drug-likeness (QED) is 0.913. The first-order valence-electron chi connectivity index (χ1n) is 6.22. The Bertz CT molecular complexity index is 573. The summed E-state index contributed by atoms with van der Waals surface area (Å²) in [6.07, 6.45) is 2.95. The summed E-state index contributed by atoms with van der Waals surface area (Å²) in [5.41, 5.74) is 0.755. The molecule has 1 N–H and O–H groups in total. The molecule has 0 aliphatic rings. The van der Waals surface area contributed by atoms with Gasteiger partial charge < -0.3 is 10.1 Å². The standard InChI is InChI=1S/C14H15F2N3O/c1-9(2)17-6-11-7-19-14(8-18-11)20-13-4-3-10(15)5-12(13)16/h3-5,7-9,17H,6H2,1-2H3. The van der Waals surface area contributed by atoms with E-state index in [9.17, 15) is 8.78 Å². The van der Waals surface area contributed by atoms with Crippen LogP contribution in [0.4, 0.5) is 8.78 Å². The average Bonchev–Trinajstić information content (AvgIpc) is 2.41. The highest BCUT2D eigenvalue weighted by atomic mass is 19.1. The Morgan fingerprint density at radius 3 is 2.60 bits per heavy atom. The van der Waals surface area contributed by atoms with E-state index in [1.54, 1.807) is 6.20 Å². The molecule has 0 saturated carbocycles. The molecule has 0 unspecified atom stereocenters. The maximum absolute atomic E-state index is 13.4. The van der Waals surface area contributed by atoms with Gasteiger partial charge in [0.15, 0.2) is 11.6 Å². The van der Waals surface area contributed by atoms with Crippen LogP contribution in [0.25, 0.3) is 0 Å². The highest BCUT2D eigenvalue weighted by Crippen LogP contribution is 2.22. The van der Waals surface area contributed by atoms with Gasteiger partial charge in [-0.25, -0.2) is 13.8 Å². The second-order valence-corrected chi connectivity index (χ2v) is 4.56. The van der Waals surface area contributed by atoms with Gasteiger partial charge in [-0.15, -0.1) is 0 Å². The molecule has 0 radical (unpaired) electrons. The highest BCUT2D eigenvalue weighted by Gasteiger charge is 2.07. The van der Waals surface area contributed by atoms with Gasteiger partial charge in [-0.05, 0) is 12.1 Å². The highest BCUT2D eigenvalue weighted by molar-refractivity contribution is 5.28. The number of ether oxygens (including phenoxy) is 1. The van der Waals surface area contributed by atoms with Crippen LogP contribution >= 0.6 is 0 Å². The van der Waals surface area contributed by atoms with Gasteiger partial charge in [0, 0.05) is 18.7 Å². The zero-order valence-corrected chi connectivity index (χ0v) is 11.2. The third-order valence-electron chi connectivity index (χ3n) is 2.48. The average molecular weight is 279 g/mol. The molecular weight excluding hydrogens is 264 g/mol. The van der Waals surface area contributed by atoms with E-state index in [1.165, 1.54) is 12.3 Å².